The Balaban J connectivity index is 1.86. The summed E-state index contributed by atoms with van der Waals surface area (Å²) in [5.74, 6) is 1.04. The van der Waals surface area contributed by atoms with Crippen molar-refractivity contribution < 1.29 is 40.3 Å². The lowest BCUT2D eigenvalue weighted by atomic mass is 10.1. The second-order valence-electron chi connectivity index (χ2n) is 9.00. The molecule has 0 fully saturated rings. The topological polar surface area (TPSA) is 89.3 Å². The lowest BCUT2D eigenvalue weighted by Crippen LogP contribution is -2.46. The third-order valence-corrected chi connectivity index (χ3v) is 8.05. The zero-order valence-electron chi connectivity index (χ0n) is 22.1. The van der Waals surface area contributed by atoms with Gasteiger partial charge in [-0.25, -0.2) is 8.42 Å². The summed E-state index contributed by atoms with van der Waals surface area (Å²) in [5.41, 5.74) is -0.241. The summed E-state index contributed by atoms with van der Waals surface area (Å²) in [7, 11) is -1.39. The van der Waals surface area contributed by atoms with Gasteiger partial charge in [-0.3, -0.25) is 4.79 Å². The number of sulfonamides is 1. The molecule has 12 heteroatoms. The summed E-state index contributed by atoms with van der Waals surface area (Å²) in [6, 6.07) is 11.5. The molecule has 0 unspecified atom stereocenters. The summed E-state index contributed by atoms with van der Waals surface area (Å²) >= 11 is 0. The van der Waals surface area contributed by atoms with Gasteiger partial charge in [-0.15, -0.1) is 0 Å². The van der Waals surface area contributed by atoms with Crippen LogP contribution in [-0.4, -0.2) is 56.9 Å². The number of halogens is 3. The van der Waals surface area contributed by atoms with Crippen LogP contribution in [0.25, 0.3) is 0 Å². The Morgan fingerprint density at radius 1 is 1.00 bits per heavy atom. The Morgan fingerprint density at radius 3 is 2.31 bits per heavy atom. The van der Waals surface area contributed by atoms with Crippen molar-refractivity contribution in [2.45, 2.75) is 43.9 Å². The average molecular weight is 569 g/mol. The molecule has 0 aliphatic heterocycles. The van der Waals surface area contributed by atoms with Crippen LogP contribution in [0.3, 0.4) is 0 Å². The van der Waals surface area contributed by atoms with Crippen molar-refractivity contribution in [2.24, 2.45) is 0 Å². The van der Waals surface area contributed by atoms with Crippen molar-refractivity contribution in [3.8, 4) is 11.5 Å². The average Bonchev–Trinajstić information content (AvgIpc) is 3.41. The molecule has 3 aromatic rings. The van der Waals surface area contributed by atoms with E-state index in [9.17, 15) is 26.4 Å². The predicted molar refractivity (Wildman–Crippen MR) is 138 cm³/mol. The van der Waals surface area contributed by atoms with E-state index >= 15 is 0 Å². The van der Waals surface area contributed by atoms with Crippen LogP contribution in [0.2, 0.25) is 0 Å². The van der Waals surface area contributed by atoms with E-state index in [2.05, 4.69) is 0 Å². The number of carbonyl (C=O) groups excluding carboxylic acids is 1. The van der Waals surface area contributed by atoms with E-state index in [1.165, 1.54) is 25.4 Å². The van der Waals surface area contributed by atoms with Crippen LogP contribution in [0, 0.1) is 0 Å². The van der Waals surface area contributed by atoms with E-state index in [0.29, 0.717) is 29.7 Å². The molecule has 0 bridgehead atoms. The molecule has 8 nitrogen and oxygen atoms in total. The second kappa shape index (κ2) is 12.6. The SMILES string of the molecule is COc1ccc(CCN(Cc2ccco2)C(=O)CN(C(C)C)S(=O)(=O)c2cccc(C(F)(F)F)c2)cc1OC. The lowest BCUT2D eigenvalue weighted by molar-refractivity contribution is -0.137. The second-order valence-corrected chi connectivity index (χ2v) is 10.9. The number of amides is 1. The minimum absolute atomic E-state index is 0.0780. The fourth-order valence-electron chi connectivity index (χ4n) is 3.93. The molecule has 39 heavy (non-hydrogen) atoms. The van der Waals surface area contributed by atoms with E-state index in [1.807, 2.05) is 6.07 Å². The first kappa shape index (κ1) is 30.0. The summed E-state index contributed by atoms with van der Waals surface area (Å²) in [6.45, 7) is 2.83. The zero-order chi connectivity index (χ0) is 28.8. The highest BCUT2D eigenvalue weighted by Gasteiger charge is 2.35. The molecule has 0 aliphatic carbocycles. The first-order chi connectivity index (χ1) is 18.4. The molecule has 1 heterocycles. The number of hydrogen-bond acceptors (Lipinski definition) is 6. The summed E-state index contributed by atoms with van der Waals surface area (Å²) in [4.78, 5) is 14.4. The highest BCUT2D eigenvalue weighted by Crippen LogP contribution is 2.32. The van der Waals surface area contributed by atoms with Crippen molar-refractivity contribution in [2.75, 3.05) is 27.3 Å². The van der Waals surface area contributed by atoms with E-state index in [0.717, 1.165) is 28.1 Å². The number of furan rings is 1. The predicted octanol–water partition coefficient (Wildman–Crippen LogP) is 4.99. The number of carbonyl (C=O) groups is 1. The van der Waals surface area contributed by atoms with Crippen molar-refractivity contribution in [1.29, 1.82) is 0 Å². The first-order valence-electron chi connectivity index (χ1n) is 12.1. The summed E-state index contributed by atoms with van der Waals surface area (Å²) < 4.78 is 83.4. The molecule has 0 saturated carbocycles. The van der Waals surface area contributed by atoms with E-state index in [1.54, 1.807) is 38.1 Å². The van der Waals surface area contributed by atoms with Gasteiger partial charge in [0.05, 0.1) is 44.0 Å². The molecule has 0 spiro atoms. The summed E-state index contributed by atoms with van der Waals surface area (Å²) in [6.07, 6.45) is -2.84. The molecule has 1 amide bonds. The van der Waals surface area contributed by atoms with Gasteiger partial charge in [0, 0.05) is 12.6 Å². The number of benzene rings is 2. The standard InChI is InChI=1S/C27H31F3N2O6S/c1-19(2)32(39(34,35)23-9-5-7-21(16-23)27(28,29)30)18-26(33)31(17-22-8-6-14-38-22)13-12-20-10-11-24(36-3)25(15-20)37-4/h5-11,14-16,19H,12-13,17-18H2,1-4H3. The maximum Gasteiger partial charge on any atom is 0.416 e. The highest BCUT2D eigenvalue weighted by atomic mass is 32.2. The third kappa shape index (κ3) is 7.54. The molecule has 0 N–H and O–H groups in total. The smallest absolute Gasteiger partial charge is 0.416 e. The molecule has 0 atom stereocenters. The van der Waals surface area contributed by atoms with Crippen LogP contribution in [0.15, 0.2) is 70.2 Å². The number of methoxy groups -OCH3 is 2. The lowest BCUT2D eigenvalue weighted by Gasteiger charge is -2.29. The summed E-state index contributed by atoms with van der Waals surface area (Å²) in [5, 5.41) is 0. The monoisotopic (exact) mass is 568 g/mol. The Bertz CT molecular complexity index is 1360. The molecular weight excluding hydrogens is 537 g/mol. The fourth-order valence-corrected chi connectivity index (χ4v) is 5.56. The van der Waals surface area contributed by atoms with Gasteiger partial charge in [0.25, 0.3) is 0 Å². The molecular formula is C27H31F3N2O6S. The van der Waals surface area contributed by atoms with Crippen molar-refractivity contribution in [3.05, 3.63) is 77.7 Å². The van der Waals surface area contributed by atoms with Crippen molar-refractivity contribution >= 4 is 15.9 Å². The van der Waals surface area contributed by atoms with Gasteiger partial charge in [0.2, 0.25) is 15.9 Å². The van der Waals surface area contributed by atoms with Gasteiger partial charge in [-0.2, -0.15) is 17.5 Å². The molecule has 0 radical (unpaired) electrons. The highest BCUT2D eigenvalue weighted by molar-refractivity contribution is 7.89. The third-order valence-electron chi connectivity index (χ3n) is 6.03. The first-order valence-corrected chi connectivity index (χ1v) is 13.5. The quantitative estimate of drug-likeness (QED) is 0.306. The minimum Gasteiger partial charge on any atom is -0.493 e. The number of nitrogens with zero attached hydrogens (tertiary/aromatic N) is 2. The number of ether oxygens (including phenoxy) is 2. The number of hydrogen-bond donors (Lipinski definition) is 0. The Hall–Kier alpha value is -3.51. The minimum atomic E-state index is -4.71. The van der Waals surface area contributed by atoms with Crippen LogP contribution in [-0.2, 0) is 34.0 Å². The Morgan fingerprint density at radius 2 is 1.72 bits per heavy atom. The van der Waals surface area contributed by atoms with Gasteiger partial charge in [-0.05, 0) is 68.3 Å². The van der Waals surface area contributed by atoms with E-state index < -0.39 is 45.2 Å². The maximum atomic E-state index is 13.5. The number of rotatable bonds is 12. The van der Waals surface area contributed by atoms with Gasteiger partial charge >= 0.3 is 6.18 Å². The molecule has 2 aromatic carbocycles. The van der Waals surface area contributed by atoms with Gasteiger partial charge in [-0.1, -0.05) is 12.1 Å². The molecule has 3 rings (SSSR count). The normalized spacial score (nSPS) is 12.1. The molecule has 0 saturated heterocycles. The molecule has 1 aromatic heterocycles. The largest absolute Gasteiger partial charge is 0.493 e. The van der Waals surface area contributed by atoms with Crippen LogP contribution in [0.1, 0.15) is 30.7 Å². The Labute approximate surface area is 226 Å². The zero-order valence-corrected chi connectivity index (χ0v) is 22.9. The number of alkyl halides is 3. The van der Waals surface area contributed by atoms with Gasteiger partial charge in [0.15, 0.2) is 11.5 Å². The maximum absolute atomic E-state index is 13.5. The van der Waals surface area contributed by atoms with Crippen molar-refractivity contribution in [3.63, 3.8) is 0 Å². The molecule has 212 valence electrons. The van der Waals surface area contributed by atoms with Gasteiger partial charge < -0.3 is 18.8 Å². The van der Waals surface area contributed by atoms with Crippen molar-refractivity contribution in [1.82, 2.24) is 9.21 Å². The van der Waals surface area contributed by atoms with Crippen LogP contribution >= 0.6 is 0 Å². The fraction of sp³-hybridized carbons (Fsp3) is 0.370. The van der Waals surface area contributed by atoms with E-state index in [-0.39, 0.29) is 13.1 Å². The van der Waals surface area contributed by atoms with Crippen LogP contribution in [0.5, 0.6) is 11.5 Å². The van der Waals surface area contributed by atoms with Crippen LogP contribution < -0.4 is 9.47 Å². The van der Waals surface area contributed by atoms with Crippen LogP contribution in [0.4, 0.5) is 13.2 Å². The van der Waals surface area contributed by atoms with E-state index in [4.69, 9.17) is 13.9 Å². The Kier molecular flexibility index (Phi) is 9.68. The molecule has 0 aliphatic rings. The van der Waals surface area contributed by atoms with Gasteiger partial charge in [0.1, 0.15) is 5.76 Å².